The molecule has 5 heteroatoms. The summed E-state index contributed by atoms with van der Waals surface area (Å²) < 4.78 is 5.67. The number of carbonyl (C=O) groups is 2. The summed E-state index contributed by atoms with van der Waals surface area (Å²) in [5.74, 6) is 0.00971. The van der Waals surface area contributed by atoms with E-state index in [1.165, 1.54) is 11.8 Å². The molecule has 1 amide bonds. The van der Waals surface area contributed by atoms with Gasteiger partial charge < -0.3 is 15.0 Å². The molecule has 1 aliphatic rings. The van der Waals surface area contributed by atoms with Crippen LogP contribution in [-0.4, -0.2) is 43.5 Å². The summed E-state index contributed by atoms with van der Waals surface area (Å²) in [5, 5.41) is 2.87. The fourth-order valence-electron chi connectivity index (χ4n) is 2.75. The molecular weight excluding hydrogens is 268 g/mol. The van der Waals surface area contributed by atoms with Gasteiger partial charge in [-0.3, -0.25) is 9.59 Å². The number of hydrogen-bond donors (Lipinski definition) is 2. The number of rotatable bonds is 4. The lowest BCUT2D eigenvalue weighted by atomic mass is 10.1. The van der Waals surface area contributed by atoms with Crippen molar-refractivity contribution in [3.05, 3.63) is 29.8 Å². The van der Waals surface area contributed by atoms with Crippen LogP contribution in [0.3, 0.4) is 0 Å². The second kappa shape index (κ2) is 6.83. The number of benzene rings is 1. The Kier molecular flexibility index (Phi) is 5.09. The highest BCUT2D eigenvalue weighted by Gasteiger charge is 2.27. The Morgan fingerprint density at radius 2 is 1.76 bits per heavy atom. The lowest BCUT2D eigenvalue weighted by molar-refractivity contribution is -0.907. The van der Waals surface area contributed by atoms with E-state index in [0.29, 0.717) is 12.1 Å². The minimum absolute atomic E-state index is 0.0122. The van der Waals surface area contributed by atoms with E-state index in [-0.39, 0.29) is 23.9 Å². The van der Waals surface area contributed by atoms with Crippen LogP contribution in [-0.2, 0) is 9.53 Å². The molecule has 2 rings (SSSR count). The summed E-state index contributed by atoms with van der Waals surface area (Å²) in [6.07, 6.45) is 0.373. The molecule has 1 aromatic rings. The minimum Gasteiger partial charge on any atom is -0.364 e. The summed E-state index contributed by atoms with van der Waals surface area (Å²) >= 11 is 0. The van der Waals surface area contributed by atoms with Crippen molar-refractivity contribution in [2.24, 2.45) is 0 Å². The molecule has 2 N–H and O–H groups in total. The van der Waals surface area contributed by atoms with Crippen molar-refractivity contribution < 1.29 is 19.2 Å². The van der Waals surface area contributed by atoms with Crippen molar-refractivity contribution >= 4 is 17.4 Å². The molecule has 0 aliphatic carbocycles. The molecule has 3 atom stereocenters. The van der Waals surface area contributed by atoms with Gasteiger partial charge in [0.05, 0.1) is 0 Å². The van der Waals surface area contributed by atoms with E-state index >= 15 is 0 Å². The predicted molar refractivity (Wildman–Crippen MR) is 80.6 cm³/mol. The highest BCUT2D eigenvalue weighted by atomic mass is 16.5. The minimum atomic E-state index is -0.0122. The van der Waals surface area contributed by atoms with Gasteiger partial charge in [-0.05, 0) is 45.0 Å². The molecular formula is C16H23N2O3+. The fraction of sp³-hybridized carbons (Fsp3) is 0.500. The van der Waals surface area contributed by atoms with E-state index in [9.17, 15) is 9.59 Å². The van der Waals surface area contributed by atoms with Crippen LogP contribution in [0, 0.1) is 0 Å². The van der Waals surface area contributed by atoms with Crippen molar-refractivity contribution in [1.82, 2.24) is 0 Å². The second-order valence-electron chi connectivity index (χ2n) is 5.77. The first kappa shape index (κ1) is 15.7. The third-order valence-corrected chi connectivity index (χ3v) is 3.60. The molecule has 0 spiro atoms. The van der Waals surface area contributed by atoms with Crippen LogP contribution < -0.4 is 10.2 Å². The van der Waals surface area contributed by atoms with Gasteiger partial charge in [0, 0.05) is 11.3 Å². The number of ether oxygens (including phenoxy) is 1. The maximum absolute atomic E-state index is 12.1. The van der Waals surface area contributed by atoms with Crippen LogP contribution in [0.2, 0.25) is 0 Å². The molecule has 21 heavy (non-hydrogen) atoms. The summed E-state index contributed by atoms with van der Waals surface area (Å²) in [6, 6.07) is 6.97. The highest BCUT2D eigenvalue weighted by molar-refractivity contribution is 5.95. The van der Waals surface area contributed by atoms with Crippen molar-refractivity contribution in [3.63, 3.8) is 0 Å². The molecule has 0 bridgehead atoms. The Morgan fingerprint density at radius 1 is 1.19 bits per heavy atom. The SMILES string of the molecule is CC(=O)c1ccc(NC(=O)C[NH+]2C[C@@H](C)O[C@@H](C)C2)cc1. The number of amides is 1. The molecule has 1 heterocycles. The number of anilines is 1. The standard InChI is InChI=1S/C16H22N2O3/c1-11-8-18(9-12(2)21-11)10-16(20)17-15-6-4-14(5-7-15)13(3)19/h4-7,11-12H,8-10H2,1-3H3,(H,17,20)/p+1/t11-,12+. The van der Waals surface area contributed by atoms with Crippen LogP contribution in [0.15, 0.2) is 24.3 Å². The lowest BCUT2D eigenvalue weighted by Crippen LogP contribution is -3.16. The first-order valence-electron chi connectivity index (χ1n) is 7.34. The molecule has 1 aliphatic heterocycles. The van der Waals surface area contributed by atoms with Crippen molar-refractivity contribution in [3.8, 4) is 0 Å². The van der Waals surface area contributed by atoms with Crippen molar-refractivity contribution in [1.29, 1.82) is 0 Å². The molecule has 0 saturated carbocycles. The summed E-state index contributed by atoms with van der Waals surface area (Å²) in [5.41, 5.74) is 1.37. The monoisotopic (exact) mass is 291 g/mol. The Hall–Kier alpha value is -1.72. The van der Waals surface area contributed by atoms with E-state index < -0.39 is 0 Å². The summed E-state index contributed by atoms with van der Waals surface area (Å²) in [6.45, 7) is 7.73. The Labute approximate surface area is 125 Å². The van der Waals surface area contributed by atoms with Crippen LogP contribution in [0.4, 0.5) is 5.69 Å². The maximum atomic E-state index is 12.1. The maximum Gasteiger partial charge on any atom is 0.279 e. The number of nitrogens with one attached hydrogen (secondary N) is 2. The summed E-state index contributed by atoms with van der Waals surface area (Å²) in [7, 11) is 0. The third kappa shape index (κ3) is 4.65. The number of ketones is 1. The zero-order valence-electron chi connectivity index (χ0n) is 12.8. The topological polar surface area (TPSA) is 59.8 Å². The van der Waals surface area contributed by atoms with Gasteiger partial charge in [0.15, 0.2) is 12.3 Å². The van der Waals surface area contributed by atoms with Gasteiger partial charge in [0.25, 0.3) is 5.91 Å². The molecule has 1 aromatic carbocycles. The van der Waals surface area contributed by atoms with E-state index in [2.05, 4.69) is 5.32 Å². The van der Waals surface area contributed by atoms with Gasteiger partial charge in [0.1, 0.15) is 25.3 Å². The first-order valence-corrected chi connectivity index (χ1v) is 7.34. The largest absolute Gasteiger partial charge is 0.364 e. The van der Waals surface area contributed by atoms with Crippen molar-refractivity contribution in [2.45, 2.75) is 33.0 Å². The molecule has 1 unspecified atom stereocenters. The fourth-order valence-corrected chi connectivity index (χ4v) is 2.75. The van der Waals surface area contributed by atoms with Crippen LogP contribution in [0.1, 0.15) is 31.1 Å². The zero-order chi connectivity index (χ0) is 15.4. The average molecular weight is 291 g/mol. The number of hydrogen-bond acceptors (Lipinski definition) is 3. The van der Waals surface area contributed by atoms with E-state index in [1.54, 1.807) is 24.3 Å². The molecule has 0 radical (unpaired) electrons. The quantitative estimate of drug-likeness (QED) is 0.795. The first-order chi connectivity index (χ1) is 9.94. The van der Waals surface area contributed by atoms with Crippen LogP contribution in [0.25, 0.3) is 0 Å². The normalized spacial score (nSPS) is 25.4. The van der Waals surface area contributed by atoms with Crippen molar-refractivity contribution in [2.75, 3.05) is 25.0 Å². The van der Waals surface area contributed by atoms with Gasteiger partial charge in [0.2, 0.25) is 0 Å². The van der Waals surface area contributed by atoms with Gasteiger partial charge in [-0.15, -0.1) is 0 Å². The molecule has 1 fully saturated rings. The van der Waals surface area contributed by atoms with Gasteiger partial charge in [-0.1, -0.05) is 0 Å². The zero-order valence-corrected chi connectivity index (χ0v) is 12.8. The molecule has 0 aromatic heterocycles. The van der Waals surface area contributed by atoms with E-state index in [4.69, 9.17) is 4.74 Å². The molecule has 5 nitrogen and oxygen atoms in total. The third-order valence-electron chi connectivity index (χ3n) is 3.60. The van der Waals surface area contributed by atoms with Gasteiger partial charge in [-0.2, -0.15) is 0 Å². The van der Waals surface area contributed by atoms with Crippen LogP contribution in [0.5, 0.6) is 0 Å². The Morgan fingerprint density at radius 3 is 2.29 bits per heavy atom. The van der Waals surface area contributed by atoms with Crippen LogP contribution >= 0.6 is 0 Å². The predicted octanol–water partition coefficient (Wildman–Crippen LogP) is 0.520. The second-order valence-corrected chi connectivity index (χ2v) is 5.77. The Balaban J connectivity index is 1.88. The smallest absolute Gasteiger partial charge is 0.279 e. The van der Waals surface area contributed by atoms with E-state index in [0.717, 1.165) is 18.8 Å². The average Bonchev–Trinajstić information content (AvgIpc) is 2.37. The number of morpholine rings is 1. The van der Waals surface area contributed by atoms with Gasteiger partial charge in [-0.25, -0.2) is 0 Å². The summed E-state index contributed by atoms with van der Waals surface area (Å²) in [4.78, 5) is 24.5. The highest BCUT2D eigenvalue weighted by Crippen LogP contribution is 2.09. The number of Topliss-reactive ketones (excluding diaryl/α,β-unsaturated/α-hetero) is 1. The Bertz CT molecular complexity index is 503. The van der Waals surface area contributed by atoms with Gasteiger partial charge >= 0.3 is 0 Å². The van der Waals surface area contributed by atoms with E-state index in [1.807, 2.05) is 13.8 Å². The molecule has 1 saturated heterocycles. The molecule has 114 valence electrons. The number of quaternary nitrogens is 1. The number of carbonyl (C=O) groups excluding carboxylic acids is 2. The lowest BCUT2D eigenvalue weighted by Gasteiger charge is -2.31.